The molecule has 0 fully saturated rings. The molecule has 0 aliphatic rings. The summed E-state index contributed by atoms with van der Waals surface area (Å²) in [5.74, 6) is 0.989. The summed E-state index contributed by atoms with van der Waals surface area (Å²) < 4.78 is 68.7. The molecule has 19 heteroatoms. The van der Waals surface area contributed by atoms with Crippen molar-refractivity contribution < 1.29 is 80.2 Å². The van der Waals surface area contributed by atoms with Crippen molar-refractivity contribution in [2.24, 2.45) is 23.7 Å². The van der Waals surface area contributed by atoms with Gasteiger partial charge < -0.3 is 33.8 Å². The Balaban J connectivity index is 5.23. The topological polar surface area (TPSA) is 237 Å². The van der Waals surface area contributed by atoms with Gasteiger partial charge in [0.05, 0.1) is 26.4 Å². The van der Waals surface area contributed by atoms with Gasteiger partial charge in [0.25, 0.3) is 0 Å². The van der Waals surface area contributed by atoms with Crippen LogP contribution in [0, 0.1) is 23.7 Å². The number of carbonyl (C=O) groups is 4. The van der Waals surface area contributed by atoms with Crippen LogP contribution in [-0.2, 0) is 65.4 Å². The van der Waals surface area contributed by atoms with Crippen LogP contribution in [0.4, 0.5) is 0 Å². The highest BCUT2D eigenvalue weighted by molar-refractivity contribution is 7.47. The van der Waals surface area contributed by atoms with Crippen molar-refractivity contribution in [2.75, 3.05) is 39.6 Å². The molecule has 0 saturated heterocycles. The van der Waals surface area contributed by atoms with E-state index in [0.717, 1.165) is 114 Å². The number of phosphoric acid groups is 2. The van der Waals surface area contributed by atoms with Crippen LogP contribution in [0.5, 0.6) is 0 Å². The number of rotatable bonds is 77. The van der Waals surface area contributed by atoms with Crippen molar-refractivity contribution in [1.29, 1.82) is 0 Å². The van der Waals surface area contributed by atoms with E-state index in [1.807, 2.05) is 0 Å². The second-order valence-corrected chi connectivity index (χ2v) is 33.4. The van der Waals surface area contributed by atoms with Crippen molar-refractivity contribution >= 4 is 39.5 Å². The van der Waals surface area contributed by atoms with Crippen LogP contribution in [0.25, 0.3) is 0 Å². The summed E-state index contributed by atoms with van der Waals surface area (Å²) in [5.41, 5.74) is 0. The van der Waals surface area contributed by atoms with Crippen LogP contribution in [0.3, 0.4) is 0 Å². The molecular formula is C80H156O17P2. The lowest BCUT2D eigenvalue weighted by atomic mass is 9.99. The van der Waals surface area contributed by atoms with Crippen molar-refractivity contribution in [3.63, 3.8) is 0 Å². The van der Waals surface area contributed by atoms with Gasteiger partial charge in [-0.1, -0.05) is 357 Å². The largest absolute Gasteiger partial charge is 0.472 e. The molecule has 3 unspecified atom stereocenters. The highest BCUT2D eigenvalue weighted by atomic mass is 31.2. The maximum absolute atomic E-state index is 13.1. The van der Waals surface area contributed by atoms with E-state index >= 15 is 0 Å². The standard InChI is InChI=1S/C80H156O17P2/c1-9-73(8)59-51-43-35-30-31-37-45-53-61-78(83)91-67-76(97-80(85)63-55-47-39-29-23-26-34-42-50-58-72(6)7)69-95-99(88,89)93-65-74(81)64-92-98(86,87)94-68-75(66-90-77(82)60-52-44-36-27-22-18-20-25-33-41-49-57-71(4)5)96-79(84)62-54-46-38-28-21-17-15-13-11-10-12-14-16-19-24-32-40-48-56-70(2)3/h70-76,81H,9-69H2,1-8H3,(H,86,87)(H,88,89)/t73?,74-,75-,76-/m1/s1. The minimum Gasteiger partial charge on any atom is -0.462 e. The fourth-order valence-electron chi connectivity index (χ4n) is 12.2. The predicted octanol–water partition coefficient (Wildman–Crippen LogP) is 23.6. The summed E-state index contributed by atoms with van der Waals surface area (Å²) in [7, 11) is -9.92. The van der Waals surface area contributed by atoms with Gasteiger partial charge in [-0.2, -0.15) is 0 Å². The zero-order chi connectivity index (χ0) is 73.1. The van der Waals surface area contributed by atoms with Crippen LogP contribution in [0.2, 0.25) is 0 Å². The Kier molecular flexibility index (Phi) is 67.8. The fraction of sp³-hybridized carbons (Fsp3) is 0.950. The molecule has 0 aromatic heterocycles. The third-order valence-electron chi connectivity index (χ3n) is 18.9. The van der Waals surface area contributed by atoms with Crippen LogP contribution >= 0.6 is 15.6 Å². The van der Waals surface area contributed by atoms with Crippen molar-refractivity contribution in [3.05, 3.63) is 0 Å². The van der Waals surface area contributed by atoms with E-state index in [0.29, 0.717) is 25.7 Å². The van der Waals surface area contributed by atoms with Crippen molar-refractivity contribution in [1.82, 2.24) is 0 Å². The summed E-state index contributed by atoms with van der Waals surface area (Å²) >= 11 is 0. The summed E-state index contributed by atoms with van der Waals surface area (Å²) in [5, 5.41) is 10.6. The number of unbranched alkanes of at least 4 members (excludes halogenated alkanes) is 42. The van der Waals surface area contributed by atoms with Gasteiger partial charge in [0.15, 0.2) is 12.2 Å². The second kappa shape index (κ2) is 69.1. The van der Waals surface area contributed by atoms with E-state index in [-0.39, 0.29) is 25.7 Å². The normalized spacial score (nSPS) is 14.3. The molecule has 0 aromatic carbocycles. The first-order valence-electron chi connectivity index (χ1n) is 41.2. The molecule has 0 amide bonds. The molecule has 0 spiro atoms. The van der Waals surface area contributed by atoms with Gasteiger partial charge in [-0.05, 0) is 49.4 Å². The van der Waals surface area contributed by atoms with E-state index in [1.165, 1.54) is 212 Å². The third kappa shape index (κ3) is 72.8. The number of hydrogen-bond acceptors (Lipinski definition) is 15. The predicted molar refractivity (Wildman–Crippen MR) is 404 cm³/mol. The Labute approximate surface area is 607 Å². The lowest BCUT2D eigenvalue weighted by molar-refractivity contribution is -0.161. The average molecular weight is 1450 g/mol. The molecule has 0 heterocycles. The Hall–Kier alpha value is -1.94. The van der Waals surface area contributed by atoms with E-state index in [9.17, 15) is 43.2 Å². The highest BCUT2D eigenvalue weighted by Crippen LogP contribution is 2.45. The van der Waals surface area contributed by atoms with Crippen molar-refractivity contribution in [3.8, 4) is 0 Å². The number of aliphatic hydroxyl groups is 1. The summed E-state index contributed by atoms with van der Waals surface area (Å²) in [6.45, 7) is 14.3. The van der Waals surface area contributed by atoms with Crippen LogP contribution < -0.4 is 0 Å². The number of aliphatic hydroxyl groups excluding tert-OH is 1. The molecule has 0 aliphatic carbocycles. The summed E-state index contributed by atoms with van der Waals surface area (Å²) in [6, 6.07) is 0. The quantitative estimate of drug-likeness (QED) is 0.0222. The van der Waals surface area contributed by atoms with E-state index in [2.05, 4.69) is 55.4 Å². The minimum absolute atomic E-state index is 0.105. The monoisotopic (exact) mass is 1450 g/mol. The molecule has 0 rings (SSSR count). The van der Waals surface area contributed by atoms with E-state index in [4.69, 9.17) is 37.0 Å². The number of hydrogen-bond donors (Lipinski definition) is 3. The van der Waals surface area contributed by atoms with Gasteiger partial charge in [0.1, 0.15) is 19.3 Å². The highest BCUT2D eigenvalue weighted by Gasteiger charge is 2.30. The van der Waals surface area contributed by atoms with Gasteiger partial charge in [0, 0.05) is 25.7 Å². The maximum Gasteiger partial charge on any atom is 0.472 e. The van der Waals surface area contributed by atoms with Crippen molar-refractivity contribution in [2.45, 2.75) is 427 Å². The Morgan fingerprint density at radius 2 is 0.485 bits per heavy atom. The molecule has 3 N–H and O–H groups in total. The molecule has 6 atom stereocenters. The van der Waals surface area contributed by atoms with Crippen LogP contribution in [0.15, 0.2) is 0 Å². The molecular weight excluding hydrogens is 1290 g/mol. The first kappa shape index (κ1) is 97.1. The lowest BCUT2D eigenvalue weighted by Gasteiger charge is -2.21. The zero-order valence-electron chi connectivity index (χ0n) is 65.1. The van der Waals surface area contributed by atoms with Gasteiger partial charge in [-0.3, -0.25) is 37.3 Å². The molecule has 17 nitrogen and oxygen atoms in total. The maximum atomic E-state index is 13.1. The average Bonchev–Trinajstić information content (AvgIpc) is 2.18. The minimum atomic E-state index is -4.96. The molecule has 588 valence electrons. The molecule has 0 aromatic rings. The van der Waals surface area contributed by atoms with E-state index in [1.54, 1.807) is 0 Å². The Bertz CT molecular complexity index is 1940. The number of phosphoric ester groups is 2. The van der Waals surface area contributed by atoms with Crippen LogP contribution in [0.1, 0.15) is 409 Å². The molecule has 0 aliphatic heterocycles. The van der Waals surface area contributed by atoms with Gasteiger partial charge in [0.2, 0.25) is 0 Å². The van der Waals surface area contributed by atoms with Crippen LogP contribution in [-0.4, -0.2) is 96.7 Å². The summed E-state index contributed by atoms with van der Waals surface area (Å²) in [4.78, 5) is 73.0. The first-order chi connectivity index (χ1) is 47.6. The Morgan fingerprint density at radius 1 is 0.283 bits per heavy atom. The lowest BCUT2D eigenvalue weighted by Crippen LogP contribution is -2.30. The smallest absolute Gasteiger partial charge is 0.462 e. The summed E-state index contributed by atoms with van der Waals surface area (Å²) in [6.07, 6.45) is 55.5. The second-order valence-electron chi connectivity index (χ2n) is 30.5. The number of carbonyl (C=O) groups excluding carboxylic acids is 4. The first-order valence-corrected chi connectivity index (χ1v) is 44.2. The van der Waals surface area contributed by atoms with Gasteiger partial charge in [-0.15, -0.1) is 0 Å². The van der Waals surface area contributed by atoms with E-state index < -0.39 is 97.5 Å². The Morgan fingerprint density at radius 3 is 0.717 bits per heavy atom. The number of esters is 4. The van der Waals surface area contributed by atoms with Gasteiger partial charge in [-0.25, -0.2) is 9.13 Å². The third-order valence-corrected chi connectivity index (χ3v) is 20.8. The molecule has 0 radical (unpaired) electrons. The number of ether oxygens (including phenoxy) is 4. The fourth-order valence-corrected chi connectivity index (χ4v) is 13.8. The van der Waals surface area contributed by atoms with Gasteiger partial charge >= 0.3 is 39.5 Å². The zero-order valence-corrected chi connectivity index (χ0v) is 66.9. The SMILES string of the molecule is CCC(C)CCCCCCCCCCC(=O)OC[C@H](COP(=O)(O)OC[C@H](O)COP(=O)(O)OC[C@@H](COC(=O)CCCCCCCCCCCCCC(C)C)OC(=O)CCCCCCCCCCCCCCCCCCCCC(C)C)OC(=O)CCCCCCCCCCCC(C)C. The molecule has 0 bridgehead atoms. The molecule has 0 saturated carbocycles. The molecule has 99 heavy (non-hydrogen) atoms.